The van der Waals surface area contributed by atoms with E-state index < -0.39 is 30.4 Å². The van der Waals surface area contributed by atoms with Gasteiger partial charge in [0.05, 0.1) is 23.0 Å². The molecule has 9 heteroatoms. The lowest BCUT2D eigenvalue weighted by molar-refractivity contribution is -0.0943. The average molecular weight is 446 g/mol. The lowest BCUT2D eigenvalue weighted by Gasteiger charge is -2.18. The highest BCUT2D eigenvalue weighted by Gasteiger charge is 2.39. The van der Waals surface area contributed by atoms with Gasteiger partial charge in [-0.2, -0.15) is 0 Å². The maximum atomic E-state index is 12.3. The van der Waals surface area contributed by atoms with E-state index in [2.05, 4.69) is 4.29 Å². The van der Waals surface area contributed by atoms with Gasteiger partial charge in [0.2, 0.25) is 0 Å². The second-order valence-electron chi connectivity index (χ2n) is 5.98. The molecule has 0 aromatic heterocycles. The second kappa shape index (κ2) is 9.58. The van der Waals surface area contributed by atoms with Crippen molar-refractivity contribution in [1.29, 1.82) is 0 Å². The Bertz CT molecular complexity index is 825. The first-order chi connectivity index (χ1) is 13.5. The zero-order chi connectivity index (χ0) is 20.1. The van der Waals surface area contributed by atoms with Crippen molar-refractivity contribution in [1.82, 2.24) is 0 Å². The smallest absolute Gasteiger partial charge is 0.338 e. The quantitative estimate of drug-likeness (QED) is 0.602. The van der Waals surface area contributed by atoms with E-state index >= 15 is 0 Å². The van der Waals surface area contributed by atoms with Gasteiger partial charge in [-0.15, -0.1) is 0 Å². The van der Waals surface area contributed by atoms with Crippen molar-refractivity contribution in [3.63, 3.8) is 0 Å². The second-order valence-corrected chi connectivity index (χ2v) is 7.04. The highest BCUT2D eigenvalue weighted by Crippen LogP contribution is 2.27. The Morgan fingerprint density at radius 1 is 0.929 bits per heavy atom. The molecule has 1 unspecified atom stereocenters. The molecule has 1 saturated heterocycles. The Labute approximate surface area is 176 Å². The first-order valence-electron chi connectivity index (χ1n) is 8.28. The van der Waals surface area contributed by atoms with E-state index in [9.17, 15) is 9.59 Å². The lowest BCUT2D eigenvalue weighted by Crippen LogP contribution is -2.32. The van der Waals surface area contributed by atoms with Gasteiger partial charge < -0.3 is 14.2 Å². The minimum atomic E-state index is -0.788. The zero-order valence-corrected chi connectivity index (χ0v) is 16.6. The third-order valence-electron chi connectivity index (χ3n) is 4.06. The van der Waals surface area contributed by atoms with Crippen LogP contribution in [0.25, 0.3) is 0 Å². The Balaban J connectivity index is 1.61. The Kier molecular flexibility index (Phi) is 7.15. The van der Waals surface area contributed by atoms with E-state index in [1.54, 1.807) is 48.5 Å². The number of halogens is 3. The molecule has 148 valence electrons. The number of benzene rings is 2. The third kappa shape index (κ3) is 5.37. The summed E-state index contributed by atoms with van der Waals surface area (Å²) in [5, 5.41) is 1.01. The number of rotatable bonds is 6. The van der Waals surface area contributed by atoms with Crippen LogP contribution in [0.1, 0.15) is 27.1 Å². The number of esters is 2. The molecule has 2 aromatic carbocycles. The summed E-state index contributed by atoms with van der Waals surface area (Å²) in [5.74, 6) is -1.12. The topological polar surface area (TPSA) is 71.1 Å². The molecule has 0 saturated carbocycles. The van der Waals surface area contributed by atoms with Gasteiger partial charge in [-0.1, -0.05) is 23.2 Å². The molecule has 1 heterocycles. The van der Waals surface area contributed by atoms with Crippen LogP contribution in [0.4, 0.5) is 0 Å². The summed E-state index contributed by atoms with van der Waals surface area (Å²) in [4.78, 5) is 24.5. The first kappa shape index (κ1) is 20.9. The summed E-state index contributed by atoms with van der Waals surface area (Å²) in [6.07, 6.45) is -2.02. The largest absolute Gasteiger partial charge is 0.459 e. The van der Waals surface area contributed by atoms with Crippen LogP contribution >= 0.6 is 35.1 Å². The van der Waals surface area contributed by atoms with Crippen LogP contribution in [0.2, 0.25) is 10.0 Å². The maximum absolute atomic E-state index is 12.3. The van der Waals surface area contributed by atoms with Crippen LogP contribution in [0.3, 0.4) is 0 Å². The molecule has 0 N–H and O–H groups in total. The number of ether oxygens (including phenoxy) is 3. The van der Waals surface area contributed by atoms with Crippen LogP contribution in [0.15, 0.2) is 48.5 Å². The molecule has 3 atom stereocenters. The van der Waals surface area contributed by atoms with Crippen molar-refractivity contribution in [3.8, 4) is 0 Å². The van der Waals surface area contributed by atoms with E-state index in [0.717, 1.165) is 0 Å². The minimum Gasteiger partial charge on any atom is -0.459 e. The van der Waals surface area contributed by atoms with E-state index in [1.807, 2.05) is 0 Å². The van der Waals surface area contributed by atoms with Crippen molar-refractivity contribution >= 4 is 47.0 Å². The van der Waals surface area contributed by atoms with Gasteiger partial charge in [0, 0.05) is 16.5 Å². The van der Waals surface area contributed by atoms with Crippen molar-refractivity contribution in [2.24, 2.45) is 0 Å². The SMILES string of the molecule is O=C(OC[C@H]1OC(OCl)C[C@@H]1OC(=O)c1ccc(Cl)cc1)c1ccc(Cl)cc1. The third-order valence-corrected chi connectivity index (χ3v) is 4.77. The van der Waals surface area contributed by atoms with Crippen molar-refractivity contribution in [3.05, 3.63) is 69.7 Å². The monoisotopic (exact) mass is 444 g/mol. The van der Waals surface area contributed by atoms with Crippen molar-refractivity contribution in [2.75, 3.05) is 6.61 Å². The molecule has 0 radical (unpaired) electrons. The summed E-state index contributed by atoms with van der Waals surface area (Å²) < 4.78 is 20.9. The fraction of sp³-hybridized carbons (Fsp3) is 0.263. The van der Waals surface area contributed by atoms with Crippen molar-refractivity contribution in [2.45, 2.75) is 24.9 Å². The van der Waals surface area contributed by atoms with Gasteiger partial charge in [-0.25, -0.2) is 13.9 Å². The molecular formula is C19H15Cl3O6. The highest BCUT2D eigenvalue weighted by molar-refractivity contribution is 6.31. The molecule has 0 spiro atoms. The standard InChI is InChI=1S/C19H15Cl3O6/c20-13-5-1-11(2-6-13)18(23)25-10-16-15(9-17(26-16)28-22)27-19(24)12-3-7-14(21)8-4-12/h1-8,15-17H,9-10H2/t15-,16+,17?/m0/s1. The number of hydrogen-bond acceptors (Lipinski definition) is 6. The number of hydrogen-bond donors (Lipinski definition) is 0. The molecule has 0 aliphatic carbocycles. The summed E-state index contributed by atoms with van der Waals surface area (Å²) >= 11 is 17.0. The Hall–Kier alpha value is -1.83. The molecule has 3 rings (SSSR count). The van der Waals surface area contributed by atoms with E-state index in [1.165, 1.54) is 0 Å². The fourth-order valence-corrected chi connectivity index (χ4v) is 2.99. The molecule has 6 nitrogen and oxygen atoms in total. The van der Waals surface area contributed by atoms with Gasteiger partial charge >= 0.3 is 11.9 Å². The Morgan fingerprint density at radius 2 is 1.46 bits per heavy atom. The number of carbonyl (C=O) groups excluding carboxylic acids is 2. The van der Waals surface area contributed by atoms with Gasteiger partial charge in [0.15, 0.2) is 6.29 Å². The lowest BCUT2D eigenvalue weighted by atomic mass is 10.1. The highest BCUT2D eigenvalue weighted by atomic mass is 35.5. The summed E-state index contributed by atoms with van der Waals surface area (Å²) in [6, 6.07) is 12.5. The maximum Gasteiger partial charge on any atom is 0.338 e. The molecule has 1 aliphatic heterocycles. The molecule has 1 aliphatic rings. The first-order valence-corrected chi connectivity index (χ1v) is 9.35. The normalized spacial score (nSPS) is 21.3. The predicted molar refractivity (Wildman–Crippen MR) is 103 cm³/mol. The molecule has 0 bridgehead atoms. The molecule has 1 fully saturated rings. The van der Waals surface area contributed by atoms with E-state index in [4.69, 9.17) is 49.3 Å². The summed E-state index contributed by atoms with van der Waals surface area (Å²) in [6.45, 7) is -0.142. The summed E-state index contributed by atoms with van der Waals surface area (Å²) in [5.41, 5.74) is 0.666. The zero-order valence-electron chi connectivity index (χ0n) is 14.3. The molecule has 2 aromatic rings. The molecule has 0 amide bonds. The van der Waals surface area contributed by atoms with E-state index in [0.29, 0.717) is 21.2 Å². The van der Waals surface area contributed by atoms with Crippen LogP contribution in [0, 0.1) is 0 Å². The van der Waals surface area contributed by atoms with Gasteiger partial charge in [-0.3, -0.25) is 0 Å². The van der Waals surface area contributed by atoms with Gasteiger partial charge in [0.25, 0.3) is 0 Å². The van der Waals surface area contributed by atoms with Crippen LogP contribution < -0.4 is 0 Å². The predicted octanol–water partition coefficient (Wildman–Crippen LogP) is 4.66. The van der Waals surface area contributed by atoms with Crippen LogP contribution in [-0.2, 0) is 18.5 Å². The van der Waals surface area contributed by atoms with Crippen LogP contribution in [-0.4, -0.2) is 37.0 Å². The molecule has 28 heavy (non-hydrogen) atoms. The number of carbonyl (C=O) groups is 2. The Morgan fingerprint density at radius 3 is 2.00 bits per heavy atom. The van der Waals surface area contributed by atoms with Gasteiger partial charge in [0.1, 0.15) is 18.8 Å². The molecular weight excluding hydrogens is 431 g/mol. The van der Waals surface area contributed by atoms with Crippen molar-refractivity contribution < 1.29 is 28.1 Å². The average Bonchev–Trinajstić information content (AvgIpc) is 3.09. The fourth-order valence-electron chi connectivity index (χ4n) is 2.63. The minimum absolute atomic E-state index is 0.142. The summed E-state index contributed by atoms with van der Waals surface area (Å²) in [7, 11) is 0. The van der Waals surface area contributed by atoms with Crippen LogP contribution in [0.5, 0.6) is 0 Å². The van der Waals surface area contributed by atoms with E-state index in [-0.39, 0.29) is 13.0 Å². The van der Waals surface area contributed by atoms with Gasteiger partial charge in [-0.05, 0) is 48.5 Å².